The van der Waals surface area contributed by atoms with Crippen molar-refractivity contribution in [2.45, 2.75) is 25.3 Å². The van der Waals surface area contributed by atoms with Crippen molar-refractivity contribution in [1.29, 1.82) is 0 Å². The van der Waals surface area contributed by atoms with Crippen molar-refractivity contribution in [2.75, 3.05) is 5.32 Å². The van der Waals surface area contributed by atoms with Crippen LogP contribution in [0.5, 0.6) is 0 Å². The lowest BCUT2D eigenvalue weighted by Gasteiger charge is -2.26. The van der Waals surface area contributed by atoms with Gasteiger partial charge in [-0.15, -0.1) is 0 Å². The minimum Gasteiger partial charge on any atom is -0.378 e. The lowest BCUT2D eigenvalue weighted by atomic mass is 9.88. The Kier molecular flexibility index (Phi) is 6.22. The fourth-order valence-electron chi connectivity index (χ4n) is 6.45. The molecular formula is C40H31N3. The summed E-state index contributed by atoms with van der Waals surface area (Å²) in [6.45, 7) is 2.22. The maximum absolute atomic E-state index is 5.30. The monoisotopic (exact) mass is 553 g/mol. The van der Waals surface area contributed by atoms with E-state index in [2.05, 4.69) is 145 Å². The molecule has 1 N–H and O–H groups in total. The molecular weight excluding hydrogens is 522 g/mol. The van der Waals surface area contributed by atoms with E-state index >= 15 is 0 Å². The van der Waals surface area contributed by atoms with Gasteiger partial charge in [0.1, 0.15) is 0 Å². The van der Waals surface area contributed by atoms with Crippen molar-refractivity contribution in [3.05, 3.63) is 156 Å². The number of rotatable bonds is 4. The Hall–Kier alpha value is -5.28. The Bertz CT molecular complexity index is 2100. The molecule has 0 radical (unpaired) electrons. The number of benzene rings is 4. The van der Waals surface area contributed by atoms with Crippen molar-refractivity contribution >= 4 is 44.6 Å². The van der Waals surface area contributed by atoms with Crippen LogP contribution in [-0.2, 0) is 0 Å². The van der Waals surface area contributed by atoms with E-state index in [1.165, 1.54) is 38.7 Å². The van der Waals surface area contributed by atoms with Gasteiger partial charge in [0, 0.05) is 45.7 Å². The Morgan fingerprint density at radius 1 is 0.744 bits per heavy atom. The smallest absolute Gasteiger partial charge is 0.0712 e. The molecule has 0 saturated heterocycles. The Morgan fingerprint density at radius 2 is 1.51 bits per heavy atom. The quantitative estimate of drug-likeness (QED) is 0.236. The molecule has 43 heavy (non-hydrogen) atoms. The predicted octanol–water partition coefficient (Wildman–Crippen LogP) is 9.93. The van der Waals surface area contributed by atoms with Gasteiger partial charge in [-0.1, -0.05) is 103 Å². The van der Waals surface area contributed by atoms with Gasteiger partial charge in [0.25, 0.3) is 0 Å². The van der Waals surface area contributed by atoms with Gasteiger partial charge in [-0.2, -0.15) is 0 Å². The Balaban J connectivity index is 1.11. The number of anilines is 1. The molecule has 2 aromatic heterocycles. The molecule has 8 rings (SSSR count). The van der Waals surface area contributed by atoms with E-state index < -0.39 is 0 Å². The number of allylic oxidation sites excluding steroid dienone is 4. The summed E-state index contributed by atoms with van der Waals surface area (Å²) in [5.74, 6) is 0.209. The lowest BCUT2D eigenvalue weighted by Crippen LogP contribution is -2.20. The number of hydrogen-bond donors (Lipinski definition) is 1. The Morgan fingerprint density at radius 3 is 2.37 bits per heavy atom. The summed E-state index contributed by atoms with van der Waals surface area (Å²) >= 11 is 0. The largest absolute Gasteiger partial charge is 0.378 e. The standard InChI is InChI=1S/C40H31N3/c1-26-36(23-33-10-4-7-13-38(33)42-26)28-16-18-29(19-17-28)39-24-31-8-2-5-11-35(31)40(43-39)30-20-14-27(15-21-30)34-22-32-9-3-6-12-37(32)41-25-34/h2-20,22-26,30,42H,21H2,1H3. The summed E-state index contributed by atoms with van der Waals surface area (Å²) in [7, 11) is 0. The first-order valence-electron chi connectivity index (χ1n) is 15.0. The third kappa shape index (κ3) is 4.73. The number of hydrogen-bond acceptors (Lipinski definition) is 3. The minimum atomic E-state index is 0.209. The average Bonchev–Trinajstić information content (AvgIpc) is 3.07. The zero-order valence-electron chi connectivity index (χ0n) is 24.0. The van der Waals surface area contributed by atoms with Crippen LogP contribution in [0, 0.1) is 0 Å². The van der Waals surface area contributed by atoms with E-state index in [0.717, 1.165) is 39.8 Å². The summed E-state index contributed by atoms with van der Waals surface area (Å²) in [6, 6.07) is 39.0. The number of nitrogens with zero attached hydrogens (tertiary/aromatic N) is 2. The lowest BCUT2D eigenvalue weighted by molar-refractivity contribution is 0.830. The summed E-state index contributed by atoms with van der Waals surface area (Å²) in [5.41, 5.74) is 11.6. The van der Waals surface area contributed by atoms with Crippen LogP contribution in [-0.4, -0.2) is 16.0 Å². The number of para-hydroxylation sites is 2. The van der Waals surface area contributed by atoms with Gasteiger partial charge >= 0.3 is 0 Å². The van der Waals surface area contributed by atoms with Crippen LogP contribution in [0.15, 0.2) is 134 Å². The topological polar surface area (TPSA) is 37.8 Å². The molecule has 0 saturated carbocycles. The van der Waals surface area contributed by atoms with E-state index in [0.29, 0.717) is 0 Å². The van der Waals surface area contributed by atoms with Crippen LogP contribution in [0.4, 0.5) is 5.69 Å². The molecule has 3 heterocycles. The van der Waals surface area contributed by atoms with Crippen LogP contribution >= 0.6 is 0 Å². The molecule has 0 spiro atoms. The predicted molar refractivity (Wildman–Crippen MR) is 181 cm³/mol. The third-order valence-corrected chi connectivity index (χ3v) is 8.77. The van der Waals surface area contributed by atoms with E-state index in [9.17, 15) is 0 Å². The van der Waals surface area contributed by atoms with Gasteiger partial charge in [-0.25, -0.2) is 0 Å². The van der Waals surface area contributed by atoms with E-state index in [1.807, 2.05) is 12.3 Å². The van der Waals surface area contributed by atoms with Crippen molar-refractivity contribution < 1.29 is 0 Å². The molecule has 6 aromatic rings. The number of aromatic nitrogens is 2. The Labute approximate surface area is 252 Å². The van der Waals surface area contributed by atoms with Gasteiger partial charge in [0.15, 0.2) is 0 Å². The first kappa shape index (κ1) is 25.4. The van der Waals surface area contributed by atoms with Gasteiger partial charge in [0.2, 0.25) is 0 Å². The molecule has 2 aliphatic rings. The molecule has 206 valence electrons. The summed E-state index contributed by atoms with van der Waals surface area (Å²) in [4.78, 5) is 9.98. The molecule has 1 aliphatic carbocycles. The highest BCUT2D eigenvalue weighted by atomic mass is 14.9. The van der Waals surface area contributed by atoms with Gasteiger partial charge in [-0.3, -0.25) is 9.97 Å². The number of pyridine rings is 2. The normalized spacial score (nSPS) is 17.7. The summed E-state index contributed by atoms with van der Waals surface area (Å²) in [6.07, 6.45) is 12.1. The van der Waals surface area contributed by atoms with Crippen LogP contribution in [0.25, 0.3) is 50.2 Å². The molecule has 0 amide bonds. The van der Waals surface area contributed by atoms with E-state index in [1.54, 1.807) is 0 Å². The fourth-order valence-corrected chi connectivity index (χ4v) is 6.45. The molecule has 2 atom stereocenters. The second-order valence-electron chi connectivity index (χ2n) is 11.5. The molecule has 0 fully saturated rings. The molecule has 4 aromatic carbocycles. The van der Waals surface area contributed by atoms with Gasteiger partial charge in [0.05, 0.1) is 16.9 Å². The molecule has 3 nitrogen and oxygen atoms in total. The first-order chi connectivity index (χ1) is 21.2. The second-order valence-corrected chi connectivity index (χ2v) is 11.5. The minimum absolute atomic E-state index is 0.209. The highest BCUT2D eigenvalue weighted by molar-refractivity contribution is 5.93. The molecule has 3 heteroatoms. The number of fused-ring (bicyclic) bond motifs is 3. The molecule has 0 bridgehead atoms. The van der Waals surface area contributed by atoms with Gasteiger partial charge < -0.3 is 5.32 Å². The summed E-state index contributed by atoms with van der Waals surface area (Å²) in [5, 5.41) is 7.25. The zero-order valence-corrected chi connectivity index (χ0v) is 24.0. The van der Waals surface area contributed by atoms with Crippen molar-refractivity contribution in [3.63, 3.8) is 0 Å². The van der Waals surface area contributed by atoms with Crippen molar-refractivity contribution in [1.82, 2.24) is 9.97 Å². The maximum Gasteiger partial charge on any atom is 0.0712 e. The maximum atomic E-state index is 5.30. The van der Waals surface area contributed by atoms with Crippen LogP contribution in [0.1, 0.15) is 41.6 Å². The van der Waals surface area contributed by atoms with Crippen LogP contribution in [0.2, 0.25) is 0 Å². The first-order valence-corrected chi connectivity index (χ1v) is 15.0. The fraction of sp³-hybridized carbons (Fsp3) is 0.100. The van der Waals surface area contributed by atoms with Crippen LogP contribution < -0.4 is 5.32 Å². The molecule has 2 unspecified atom stereocenters. The SMILES string of the molecule is CC1Nc2ccccc2C=C1c1ccc(-c2cc3ccccc3c(C3C=CC(c4cnc5ccccc5c4)=CC3)n2)cc1. The summed E-state index contributed by atoms with van der Waals surface area (Å²) < 4.78 is 0. The van der Waals surface area contributed by atoms with Gasteiger partial charge in [-0.05, 0) is 71.3 Å². The van der Waals surface area contributed by atoms with E-state index in [4.69, 9.17) is 4.98 Å². The third-order valence-electron chi connectivity index (χ3n) is 8.77. The van der Waals surface area contributed by atoms with Crippen LogP contribution in [0.3, 0.4) is 0 Å². The van der Waals surface area contributed by atoms with E-state index in [-0.39, 0.29) is 12.0 Å². The molecule has 1 aliphatic heterocycles. The highest BCUT2D eigenvalue weighted by Gasteiger charge is 2.20. The van der Waals surface area contributed by atoms with Crippen molar-refractivity contribution in [3.8, 4) is 11.3 Å². The number of nitrogens with one attached hydrogen (secondary N) is 1. The second kappa shape index (κ2) is 10.5. The average molecular weight is 554 g/mol. The van der Waals surface area contributed by atoms with Crippen molar-refractivity contribution in [2.24, 2.45) is 0 Å². The zero-order chi connectivity index (χ0) is 28.8. The highest BCUT2D eigenvalue weighted by Crippen LogP contribution is 2.37.